The summed E-state index contributed by atoms with van der Waals surface area (Å²) in [5, 5.41) is 8.96. The second-order valence-corrected chi connectivity index (χ2v) is 3.52. The minimum absolute atomic E-state index is 0.278. The number of hydrogen-bond donors (Lipinski definition) is 3. The van der Waals surface area contributed by atoms with Crippen molar-refractivity contribution in [3.63, 3.8) is 0 Å². The highest BCUT2D eigenvalue weighted by molar-refractivity contribution is 6.06. The Bertz CT molecular complexity index is 501. The van der Waals surface area contributed by atoms with Gasteiger partial charge in [-0.25, -0.2) is 0 Å². The molecule has 5 nitrogen and oxygen atoms in total. The number of aromatic nitrogens is 2. The van der Waals surface area contributed by atoms with Gasteiger partial charge in [-0.15, -0.1) is 0 Å². The molecule has 5 heteroatoms. The van der Waals surface area contributed by atoms with E-state index in [1.54, 1.807) is 0 Å². The molecule has 0 atom stereocenters. The Morgan fingerprint density at radius 2 is 2.06 bits per heavy atom. The average Bonchev–Trinajstić information content (AvgIpc) is 2.68. The summed E-state index contributed by atoms with van der Waals surface area (Å²) in [7, 11) is 0. The van der Waals surface area contributed by atoms with Crippen LogP contribution in [0.3, 0.4) is 0 Å². The number of amides is 1. The molecule has 0 aliphatic rings. The highest BCUT2D eigenvalue weighted by atomic mass is 16.1. The molecule has 0 bridgehead atoms. The van der Waals surface area contributed by atoms with Crippen LogP contribution in [0.25, 0.3) is 0 Å². The molecular formula is C11H12N4O. The first-order valence-electron chi connectivity index (χ1n) is 4.83. The Balaban J connectivity index is 2.14. The molecule has 2 rings (SSSR count). The molecule has 0 saturated carbocycles. The lowest BCUT2D eigenvalue weighted by atomic mass is 10.2. The minimum Gasteiger partial charge on any atom is -0.396 e. The number of anilines is 2. The van der Waals surface area contributed by atoms with Gasteiger partial charge in [0.05, 0.1) is 11.9 Å². The van der Waals surface area contributed by atoms with Crippen molar-refractivity contribution in [3.05, 3.63) is 41.7 Å². The Labute approximate surface area is 92.7 Å². The van der Waals surface area contributed by atoms with E-state index in [0.717, 1.165) is 11.3 Å². The number of nitrogens with zero attached hydrogens (tertiary/aromatic N) is 1. The summed E-state index contributed by atoms with van der Waals surface area (Å²) in [5.74, 6) is -0.293. The Kier molecular flexibility index (Phi) is 2.59. The van der Waals surface area contributed by atoms with Gasteiger partial charge in [0.2, 0.25) is 0 Å². The summed E-state index contributed by atoms with van der Waals surface area (Å²) < 4.78 is 0. The van der Waals surface area contributed by atoms with Gasteiger partial charge >= 0.3 is 0 Å². The van der Waals surface area contributed by atoms with Gasteiger partial charge in [0.25, 0.3) is 5.91 Å². The van der Waals surface area contributed by atoms with E-state index in [1.165, 1.54) is 6.20 Å². The second-order valence-electron chi connectivity index (χ2n) is 3.52. The van der Waals surface area contributed by atoms with Crippen LogP contribution in [0.15, 0.2) is 30.5 Å². The van der Waals surface area contributed by atoms with Crippen molar-refractivity contribution in [1.29, 1.82) is 0 Å². The zero-order valence-corrected chi connectivity index (χ0v) is 8.82. The van der Waals surface area contributed by atoms with Gasteiger partial charge in [0, 0.05) is 5.69 Å². The number of hydrogen-bond acceptors (Lipinski definition) is 3. The molecule has 0 aliphatic carbocycles. The maximum absolute atomic E-state index is 11.7. The summed E-state index contributed by atoms with van der Waals surface area (Å²) in [5.41, 5.74) is 8.05. The SMILES string of the molecule is Cc1ccc(NC(=O)c2[nH]ncc2N)cc1. The molecular weight excluding hydrogens is 204 g/mol. The zero-order valence-electron chi connectivity index (χ0n) is 8.82. The van der Waals surface area contributed by atoms with Crippen LogP contribution in [0.2, 0.25) is 0 Å². The molecule has 4 N–H and O–H groups in total. The molecule has 16 heavy (non-hydrogen) atoms. The Morgan fingerprint density at radius 1 is 1.38 bits per heavy atom. The maximum atomic E-state index is 11.7. The fourth-order valence-corrected chi connectivity index (χ4v) is 1.31. The lowest BCUT2D eigenvalue weighted by molar-refractivity contribution is 0.102. The Hall–Kier alpha value is -2.30. The van der Waals surface area contributed by atoms with Crippen molar-refractivity contribution in [2.75, 3.05) is 11.1 Å². The van der Waals surface area contributed by atoms with Crippen molar-refractivity contribution < 1.29 is 4.79 Å². The van der Waals surface area contributed by atoms with Crippen LogP contribution in [0.5, 0.6) is 0 Å². The van der Waals surface area contributed by atoms with E-state index in [9.17, 15) is 4.79 Å². The van der Waals surface area contributed by atoms with Gasteiger partial charge in [0.15, 0.2) is 0 Å². The maximum Gasteiger partial charge on any atom is 0.275 e. The van der Waals surface area contributed by atoms with E-state index in [4.69, 9.17) is 5.73 Å². The predicted octanol–water partition coefficient (Wildman–Crippen LogP) is 1.55. The lowest BCUT2D eigenvalue weighted by Crippen LogP contribution is -2.14. The number of nitrogens with one attached hydrogen (secondary N) is 2. The number of aryl methyl sites for hydroxylation is 1. The molecule has 0 radical (unpaired) electrons. The van der Waals surface area contributed by atoms with E-state index in [1.807, 2.05) is 31.2 Å². The third kappa shape index (κ3) is 2.03. The van der Waals surface area contributed by atoms with Crippen molar-refractivity contribution >= 4 is 17.3 Å². The molecule has 0 spiro atoms. The standard InChI is InChI=1S/C11H12N4O/c1-7-2-4-8(5-3-7)14-11(16)10-9(12)6-13-15-10/h2-6H,12H2,1H3,(H,13,15)(H,14,16). The molecule has 1 aromatic carbocycles. The van der Waals surface area contributed by atoms with E-state index >= 15 is 0 Å². The molecule has 1 aromatic heterocycles. The lowest BCUT2D eigenvalue weighted by Gasteiger charge is -2.04. The van der Waals surface area contributed by atoms with Crippen molar-refractivity contribution in [3.8, 4) is 0 Å². The zero-order chi connectivity index (χ0) is 11.5. The number of aromatic amines is 1. The fraction of sp³-hybridized carbons (Fsp3) is 0.0909. The highest BCUT2D eigenvalue weighted by Crippen LogP contribution is 2.12. The molecule has 0 fully saturated rings. The number of rotatable bonds is 2. The van der Waals surface area contributed by atoms with E-state index < -0.39 is 0 Å². The van der Waals surface area contributed by atoms with Gasteiger partial charge in [-0.05, 0) is 19.1 Å². The Morgan fingerprint density at radius 3 is 2.62 bits per heavy atom. The molecule has 1 amide bonds. The van der Waals surface area contributed by atoms with Crippen LogP contribution in [0.4, 0.5) is 11.4 Å². The van der Waals surface area contributed by atoms with Crippen molar-refractivity contribution in [2.24, 2.45) is 0 Å². The number of H-pyrrole nitrogens is 1. The average molecular weight is 216 g/mol. The first-order chi connectivity index (χ1) is 7.66. The van der Waals surface area contributed by atoms with Gasteiger partial charge in [-0.1, -0.05) is 17.7 Å². The topological polar surface area (TPSA) is 83.8 Å². The molecule has 0 saturated heterocycles. The second kappa shape index (κ2) is 4.06. The number of nitrogens with two attached hydrogens (primary N) is 1. The molecule has 1 heterocycles. The first kappa shape index (κ1) is 10.2. The van der Waals surface area contributed by atoms with Gasteiger partial charge in [-0.2, -0.15) is 5.10 Å². The molecule has 2 aromatic rings. The number of nitrogen functional groups attached to an aromatic ring is 1. The van der Waals surface area contributed by atoms with Crippen LogP contribution >= 0.6 is 0 Å². The third-order valence-electron chi connectivity index (χ3n) is 2.21. The van der Waals surface area contributed by atoms with E-state index in [0.29, 0.717) is 5.69 Å². The first-order valence-corrected chi connectivity index (χ1v) is 4.83. The fourth-order valence-electron chi connectivity index (χ4n) is 1.31. The number of carbonyl (C=O) groups excluding carboxylic acids is 1. The largest absolute Gasteiger partial charge is 0.396 e. The number of carbonyl (C=O) groups is 1. The minimum atomic E-state index is -0.293. The van der Waals surface area contributed by atoms with Crippen LogP contribution in [-0.2, 0) is 0 Å². The van der Waals surface area contributed by atoms with Gasteiger partial charge in [-0.3, -0.25) is 9.89 Å². The summed E-state index contributed by atoms with van der Waals surface area (Å²) in [4.78, 5) is 11.7. The highest BCUT2D eigenvalue weighted by Gasteiger charge is 2.11. The summed E-state index contributed by atoms with van der Waals surface area (Å²) in [6.07, 6.45) is 1.41. The van der Waals surface area contributed by atoms with E-state index in [2.05, 4.69) is 15.5 Å². The summed E-state index contributed by atoms with van der Waals surface area (Å²) >= 11 is 0. The van der Waals surface area contributed by atoms with Crippen molar-refractivity contribution in [1.82, 2.24) is 10.2 Å². The van der Waals surface area contributed by atoms with Gasteiger partial charge < -0.3 is 11.1 Å². The van der Waals surface area contributed by atoms with Crippen LogP contribution in [-0.4, -0.2) is 16.1 Å². The van der Waals surface area contributed by atoms with Crippen LogP contribution < -0.4 is 11.1 Å². The molecule has 0 aliphatic heterocycles. The predicted molar refractivity (Wildman–Crippen MR) is 62.1 cm³/mol. The monoisotopic (exact) mass is 216 g/mol. The molecule has 0 unspecified atom stereocenters. The normalized spacial score (nSPS) is 10.1. The number of benzene rings is 1. The quantitative estimate of drug-likeness (QED) is 0.712. The molecule has 82 valence electrons. The smallest absolute Gasteiger partial charge is 0.275 e. The summed E-state index contributed by atoms with van der Waals surface area (Å²) in [6.45, 7) is 1.98. The van der Waals surface area contributed by atoms with Crippen LogP contribution in [0.1, 0.15) is 16.1 Å². The van der Waals surface area contributed by atoms with Crippen LogP contribution in [0, 0.1) is 6.92 Å². The van der Waals surface area contributed by atoms with Crippen molar-refractivity contribution in [2.45, 2.75) is 6.92 Å². The summed E-state index contributed by atoms with van der Waals surface area (Å²) in [6, 6.07) is 7.51. The van der Waals surface area contributed by atoms with E-state index in [-0.39, 0.29) is 11.6 Å². The van der Waals surface area contributed by atoms with Gasteiger partial charge in [0.1, 0.15) is 5.69 Å². The third-order valence-corrected chi connectivity index (χ3v) is 2.21.